The number of nitrogens with one attached hydrogen (secondary N) is 1. The summed E-state index contributed by atoms with van der Waals surface area (Å²) >= 11 is 18.8. The highest BCUT2D eigenvalue weighted by Gasteiger charge is 2.16. The van der Waals surface area contributed by atoms with Gasteiger partial charge in [-0.15, -0.1) is 0 Å². The molecule has 0 aliphatic heterocycles. The van der Waals surface area contributed by atoms with E-state index in [4.69, 9.17) is 45.5 Å². The van der Waals surface area contributed by atoms with Gasteiger partial charge in [-0.05, 0) is 36.4 Å². The van der Waals surface area contributed by atoms with Gasteiger partial charge in [0.2, 0.25) is 0 Å². The summed E-state index contributed by atoms with van der Waals surface area (Å²) in [6.45, 7) is 0.384. The molecule has 0 fully saturated rings. The van der Waals surface area contributed by atoms with Crippen LogP contribution in [-0.2, 0) is 6.54 Å². The molecule has 0 amide bonds. The van der Waals surface area contributed by atoms with Gasteiger partial charge in [0.05, 0.1) is 47.0 Å². The molecule has 3 N–H and O–H groups in total. The molecule has 0 spiro atoms. The number of nitrogens with zero attached hydrogens (tertiary/aromatic N) is 6. The van der Waals surface area contributed by atoms with Gasteiger partial charge in [-0.25, -0.2) is 15.0 Å². The maximum atomic E-state index is 6.61. The molecular formula is C32H23Cl3N8. The lowest BCUT2D eigenvalue weighted by molar-refractivity contribution is 0.534. The summed E-state index contributed by atoms with van der Waals surface area (Å²) in [5.41, 5.74) is 14.9. The van der Waals surface area contributed by atoms with Crippen molar-refractivity contribution in [3.8, 4) is 33.8 Å². The third-order valence-corrected chi connectivity index (χ3v) is 7.79. The number of aromatic nitrogens is 6. The van der Waals surface area contributed by atoms with Crippen molar-refractivity contribution in [3.05, 3.63) is 130 Å². The first-order valence-electron chi connectivity index (χ1n) is 13.4. The first-order valence-corrected chi connectivity index (χ1v) is 14.5. The van der Waals surface area contributed by atoms with Crippen LogP contribution in [0.5, 0.6) is 0 Å². The number of halogens is 3. The number of rotatable bonds is 7. The molecule has 7 aromatic rings. The molecule has 43 heavy (non-hydrogen) atoms. The number of hydrogen-bond donors (Lipinski definition) is 2. The molecule has 6 aromatic heterocycles. The molecule has 1 atom stereocenters. The van der Waals surface area contributed by atoms with E-state index in [0.717, 1.165) is 50.8 Å². The number of nitrogens with two attached hydrogens (primary N) is 1. The number of pyridine rings is 4. The Labute approximate surface area is 261 Å². The minimum atomic E-state index is -0.616. The van der Waals surface area contributed by atoms with Gasteiger partial charge in [-0.1, -0.05) is 65.1 Å². The molecule has 11 heteroatoms. The minimum Gasteiger partial charge on any atom is -0.311 e. The molecule has 0 bridgehead atoms. The van der Waals surface area contributed by atoms with E-state index in [0.29, 0.717) is 27.4 Å². The SMILES string of the molecule is NC(NCc1cc(-c2cnc3cc(Cl)ccn23)cc(-c2ccccc2)n1)c1cc(-c2cnc3cc(Cl)ccn23)cc(Cl)n1. The van der Waals surface area contributed by atoms with Crippen LogP contribution in [0.2, 0.25) is 15.2 Å². The highest BCUT2D eigenvalue weighted by atomic mass is 35.5. The second kappa shape index (κ2) is 11.4. The molecule has 8 nitrogen and oxygen atoms in total. The number of fused-ring (bicyclic) bond motifs is 2. The van der Waals surface area contributed by atoms with Gasteiger partial charge in [-0.3, -0.25) is 19.1 Å². The van der Waals surface area contributed by atoms with Gasteiger partial charge in [0.1, 0.15) is 16.4 Å². The minimum absolute atomic E-state index is 0.327. The van der Waals surface area contributed by atoms with Crippen LogP contribution in [0.1, 0.15) is 17.6 Å². The molecule has 7 rings (SSSR count). The van der Waals surface area contributed by atoms with Crippen molar-refractivity contribution >= 4 is 46.1 Å². The Morgan fingerprint density at radius 2 is 1.33 bits per heavy atom. The fourth-order valence-corrected chi connectivity index (χ4v) is 5.59. The molecule has 0 aliphatic rings. The summed E-state index contributed by atoms with van der Waals surface area (Å²) in [5, 5.41) is 4.94. The van der Waals surface area contributed by atoms with Crippen molar-refractivity contribution in [2.24, 2.45) is 5.73 Å². The zero-order chi connectivity index (χ0) is 29.5. The standard InChI is InChI=1S/C32H23Cl3N8/c33-22-6-8-42-27(17-37-30(42)14-22)20-10-24(40-25(11-20)19-4-2-1-3-5-19)16-39-32(36)26-12-21(13-29(35)41-26)28-18-38-31-15-23(34)7-9-43(28)31/h1-15,17-18,32,39H,16,36H2. The second-order valence-corrected chi connectivity index (χ2v) is 11.3. The summed E-state index contributed by atoms with van der Waals surface area (Å²) in [4.78, 5) is 18.5. The normalized spacial score (nSPS) is 12.3. The summed E-state index contributed by atoms with van der Waals surface area (Å²) in [5.74, 6) is 0. The lowest BCUT2D eigenvalue weighted by Crippen LogP contribution is -2.29. The van der Waals surface area contributed by atoms with Crippen LogP contribution < -0.4 is 11.1 Å². The van der Waals surface area contributed by atoms with E-state index in [1.807, 2.05) is 88.1 Å². The molecule has 0 aliphatic carbocycles. The van der Waals surface area contributed by atoms with Crippen LogP contribution in [-0.4, -0.2) is 28.7 Å². The summed E-state index contributed by atoms with van der Waals surface area (Å²) < 4.78 is 3.94. The Balaban J connectivity index is 1.20. The van der Waals surface area contributed by atoms with E-state index in [9.17, 15) is 0 Å². The summed E-state index contributed by atoms with van der Waals surface area (Å²) in [7, 11) is 0. The smallest absolute Gasteiger partial charge is 0.138 e. The van der Waals surface area contributed by atoms with Crippen LogP contribution in [0.15, 0.2) is 104 Å². The molecule has 0 saturated heterocycles. The predicted molar refractivity (Wildman–Crippen MR) is 171 cm³/mol. The maximum Gasteiger partial charge on any atom is 0.138 e. The van der Waals surface area contributed by atoms with Gasteiger partial charge in [0.25, 0.3) is 0 Å². The van der Waals surface area contributed by atoms with Crippen LogP contribution in [0.4, 0.5) is 0 Å². The van der Waals surface area contributed by atoms with Gasteiger partial charge in [0, 0.05) is 57.8 Å². The van der Waals surface area contributed by atoms with Crippen LogP contribution in [0.25, 0.3) is 45.1 Å². The van der Waals surface area contributed by atoms with E-state index >= 15 is 0 Å². The largest absolute Gasteiger partial charge is 0.311 e. The first-order chi connectivity index (χ1) is 20.9. The van der Waals surface area contributed by atoms with Crippen molar-refractivity contribution < 1.29 is 0 Å². The molecule has 0 radical (unpaired) electrons. The zero-order valence-corrected chi connectivity index (χ0v) is 24.8. The Bertz CT molecular complexity index is 2110. The Kier molecular flexibility index (Phi) is 7.30. The molecule has 0 saturated carbocycles. The van der Waals surface area contributed by atoms with E-state index < -0.39 is 6.17 Å². The highest BCUT2D eigenvalue weighted by molar-refractivity contribution is 6.31. The van der Waals surface area contributed by atoms with Crippen LogP contribution in [0, 0.1) is 0 Å². The van der Waals surface area contributed by atoms with Crippen molar-refractivity contribution in [1.82, 2.24) is 34.1 Å². The molecule has 6 heterocycles. The van der Waals surface area contributed by atoms with E-state index in [2.05, 4.69) is 26.3 Å². The van der Waals surface area contributed by atoms with Crippen LogP contribution >= 0.6 is 34.8 Å². The monoisotopic (exact) mass is 624 g/mol. The lowest BCUT2D eigenvalue weighted by Gasteiger charge is -2.16. The topological polar surface area (TPSA) is 98.4 Å². The van der Waals surface area contributed by atoms with E-state index in [-0.39, 0.29) is 0 Å². The average Bonchev–Trinajstić information content (AvgIpc) is 3.63. The van der Waals surface area contributed by atoms with Crippen molar-refractivity contribution in [2.75, 3.05) is 0 Å². The van der Waals surface area contributed by atoms with Crippen LogP contribution in [0.3, 0.4) is 0 Å². The van der Waals surface area contributed by atoms with Gasteiger partial charge in [-0.2, -0.15) is 0 Å². The Hall–Kier alpha value is -4.31. The third kappa shape index (κ3) is 5.59. The Morgan fingerprint density at radius 3 is 1.98 bits per heavy atom. The second-order valence-electron chi connectivity index (χ2n) is 9.99. The molecule has 212 valence electrons. The first kappa shape index (κ1) is 27.5. The maximum absolute atomic E-state index is 6.61. The molecule has 1 unspecified atom stereocenters. The van der Waals surface area contributed by atoms with Gasteiger partial charge >= 0.3 is 0 Å². The van der Waals surface area contributed by atoms with E-state index in [1.54, 1.807) is 18.3 Å². The third-order valence-electron chi connectivity index (χ3n) is 7.13. The number of imidazole rings is 2. The van der Waals surface area contributed by atoms with Crippen molar-refractivity contribution in [2.45, 2.75) is 12.7 Å². The summed E-state index contributed by atoms with van der Waals surface area (Å²) in [6.07, 6.45) is 6.78. The molecule has 1 aromatic carbocycles. The lowest BCUT2D eigenvalue weighted by atomic mass is 10.1. The fourth-order valence-electron chi connectivity index (χ4n) is 5.07. The fraction of sp³-hybridized carbons (Fsp3) is 0.0625. The number of hydrogen-bond acceptors (Lipinski definition) is 6. The van der Waals surface area contributed by atoms with Crippen molar-refractivity contribution in [1.29, 1.82) is 0 Å². The average molecular weight is 626 g/mol. The van der Waals surface area contributed by atoms with Gasteiger partial charge < -0.3 is 5.73 Å². The quantitative estimate of drug-likeness (QED) is 0.141. The predicted octanol–water partition coefficient (Wildman–Crippen LogP) is 7.48. The van der Waals surface area contributed by atoms with Gasteiger partial charge in [0.15, 0.2) is 0 Å². The zero-order valence-electron chi connectivity index (χ0n) is 22.5. The highest BCUT2D eigenvalue weighted by Crippen LogP contribution is 2.29. The molecular weight excluding hydrogens is 603 g/mol. The number of benzene rings is 1. The Morgan fingerprint density at radius 1 is 0.698 bits per heavy atom. The van der Waals surface area contributed by atoms with Crippen molar-refractivity contribution in [3.63, 3.8) is 0 Å². The van der Waals surface area contributed by atoms with E-state index in [1.165, 1.54) is 0 Å². The summed E-state index contributed by atoms with van der Waals surface area (Å²) in [6, 6.07) is 25.1.